The summed E-state index contributed by atoms with van der Waals surface area (Å²) in [5.41, 5.74) is 0.648. The second-order valence-electron chi connectivity index (χ2n) is 6.17. The van der Waals surface area contributed by atoms with Crippen LogP contribution in [0.5, 0.6) is 0 Å². The number of amides is 1. The minimum absolute atomic E-state index is 0.0163. The van der Waals surface area contributed by atoms with Crippen LogP contribution >= 0.6 is 0 Å². The van der Waals surface area contributed by atoms with E-state index in [0.29, 0.717) is 0 Å². The van der Waals surface area contributed by atoms with Crippen LogP contribution in [-0.2, 0) is 10.0 Å². The molecule has 0 unspecified atom stereocenters. The summed E-state index contributed by atoms with van der Waals surface area (Å²) in [7, 11) is -4.01. The number of hydrogen-bond acceptors (Lipinski definition) is 3. The molecule has 0 fully saturated rings. The average Bonchev–Trinajstić information content (AvgIpc) is 2.59. The number of benzene rings is 2. The number of halogens is 3. The predicted molar refractivity (Wildman–Crippen MR) is 96.2 cm³/mol. The van der Waals surface area contributed by atoms with Crippen LogP contribution in [0.2, 0.25) is 0 Å². The number of nitrogens with one attached hydrogen (secondary N) is 2. The van der Waals surface area contributed by atoms with Crippen LogP contribution in [0.25, 0.3) is 0 Å². The summed E-state index contributed by atoms with van der Waals surface area (Å²) < 4.78 is 64.2. The van der Waals surface area contributed by atoms with Gasteiger partial charge in [0.25, 0.3) is 15.9 Å². The van der Waals surface area contributed by atoms with Gasteiger partial charge in [-0.15, -0.1) is 0 Å². The molecule has 146 valence electrons. The second-order valence-corrected chi connectivity index (χ2v) is 7.86. The van der Waals surface area contributed by atoms with Gasteiger partial charge >= 0.3 is 6.18 Å². The molecule has 0 saturated heterocycles. The first-order valence-electron chi connectivity index (χ1n) is 8.06. The molecule has 5 nitrogen and oxygen atoms in total. The van der Waals surface area contributed by atoms with Crippen molar-refractivity contribution in [1.82, 2.24) is 5.32 Å². The first kappa shape index (κ1) is 20.8. The van der Waals surface area contributed by atoms with Gasteiger partial charge in [-0.1, -0.05) is 38.1 Å². The lowest BCUT2D eigenvalue weighted by Gasteiger charge is -2.14. The van der Waals surface area contributed by atoms with Crippen LogP contribution in [0.4, 0.5) is 18.9 Å². The third-order valence-electron chi connectivity index (χ3n) is 3.72. The highest BCUT2D eigenvalue weighted by molar-refractivity contribution is 7.92. The van der Waals surface area contributed by atoms with E-state index in [4.69, 9.17) is 0 Å². The molecule has 2 aromatic rings. The van der Waals surface area contributed by atoms with Gasteiger partial charge in [0.1, 0.15) is 6.54 Å². The summed E-state index contributed by atoms with van der Waals surface area (Å²) in [5.74, 6) is -0.798. The smallest absolute Gasteiger partial charge is 0.343 e. The van der Waals surface area contributed by atoms with E-state index < -0.39 is 28.7 Å². The number of para-hydroxylation sites is 1. The van der Waals surface area contributed by atoms with Gasteiger partial charge in [0, 0.05) is 0 Å². The van der Waals surface area contributed by atoms with Crippen molar-refractivity contribution in [2.24, 2.45) is 0 Å². The minimum atomic E-state index is -4.57. The Kier molecular flexibility index (Phi) is 6.15. The summed E-state index contributed by atoms with van der Waals surface area (Å²) >= 11 is 0. The summed E-state index contributed by atoms with van der Waals surface area (Å²) in [6, 6.07) is 11.7. The average molecular weight is 400 g/mol. The van der Waals surface area contributed by atoms with Crippen LogP contribution in [0.15, 0.2) is 53.4 Å². The Bertz CT molecular complexity index is 908. The Labute approximate surface area is 155 Å². The number of hydrogen-bond donors (Lipinski definition) is 2. The van der Waals surface area contributed by atoms with Gasteiger partial charge in [-0.25, -0.2) is 8.42 Å². The van der Waals surface area contributed by atoms with Crippen LogP contribution < -0.4 is 10.0 Å². The van der Waals surface area contributed by atoms with Crippen molar-refractivity contribution in [3.05, 3.63) is 59.7 Å². The van der Waals surface area contributed by atoms with Crippen LogP contribution in [0.3, 0.4) is 0 Å². The fourth-order valence-corrected chi connectivity index (χ4v) is 3.36. The lowest BCUT2D eigenvalue weighted by atomic mass is 10.0. The predicted octanol–water partition coefficient (Wildman–Crippen LogP) is 3.90. The highest BCUT2D eigenvalue weighted by Crippen LogP contribution is 2.22. The maximum absolute atomic E-state index is 12.6. The molecule has 27 heavy (non-hydrogen) atoms. The Morgan fingerprint density at radius 2 is 1.63 bits per heavy atom. The normalized spacial score (nSPS) is 12.1. The summed E-state index contributed by atoms with van der Waals surface area (Å²) in [4.78, 5) is 12.0. The first-order chi connectivity index (χ1) is 12.5. The molecule has 0 radical (unpaired) electrons. The topological polar surface area (TPSA) is 75.3 Å². The SMILES string of the molecule is CC(C)c1ccc(S(=O)(=O)Nc2ccccc2C(=O)NCC(F)(F)F)cc1. The van der Waals surface area contributed by atoms with Gasteiger partial charge in [0.2, 0.25) is 0 Å². The van der Waals surface area contributed by atoms with Crippen molar-refractivity contribution in [3.8, 4) is 0 Å². The third-order valence-corrected chi connectivity index (χ3v) is 5.10. The second kappa shape index (κ2) is 7.99. The molecular formula is C18H19F3N2O3S. The van der Waals surface area contributed by atoms with Gasteiger partial charge in [0.05, 0.1) is 16.1 Å². The number of rotatable bonds is 6. The molecule has 0 bridgehead atoms. The van der Waals surface area contributed by atoms with Crippen molar-refractivity contribution in [2.45, 2.75) is 30.8 Å². The molecule has 0 heterocycles. The van der Waals surface area contributed by atoms with E-state index in [9.17, 15) is 26.4 Å². The monoisotopic (exact) mass is 400 g/mol. The van der Waals surface area contributed by atoms with E-state index in [2.05, 4.69) is 4.72 Å². The highest BCUT2D eigenvalue weighted by atomic mass is 32.2. The van der Waals surface area contributed by atoms with E-state index in [1.165, 1.54) is 36.4 Å². The largest absolute Gasteiger partial charge is 0.405 e. The highest BCUT2D eigenvalue weighted by Gasteiger charge is 2.28. The molecule has 0 aliphatic rings. The van der Waals surface area contributed by atoms with Crippen LogP contribution in [0, 0.1) is 0 Å². The van der Waals surface area contributed by atoms with Crippen molar-refractivity contribution < 1.29 is 26.4 Å². The molecule has 1 amide bonds. The van der Waals surface area contributed by atoms with Crippen molar-refractivity contribution in [2.75, 3.05) is 11.3 Å². The van der Waals surface area contributed by atoms with Gasteiger partial charge < -0.3 is 5.32 Å². The number of carbonyl (C=O) groups excluding carboxylic acids is 1. The fraction of sp³-hybridized carbons (Fsp3) is 0.278. The molecule has 0 aromatic heterocycles. The van der Waals surface area contributed by atoms with Crippen LogP contribution in [-0.4, -0.2) is 27.0 Å². The number of carbonyl (C=O) groups is 1. The molecule has 0 saturated carbocycles. The number of sulfonamides is 1. The van der Waals surface area contributed by atoms with Gasteiger partial charge in [-0.2, -0.15) is 13.2 Å². The van der Waals surface area contributed by atoms with Gasteiger partial charge in [-0.05, 0) is 35.7 Å². The van der Waals surface area contributed by atoms with E-state index in [1.54, 1.807) is 17.4 Å². The van der Waals surface area contributed by atoms with Crippen LogP contribution in [0.1, 0.15) is 35.7 Å². The van der Waals surface area contributed by atoms with E-state index in [0.717, 1.165) is 5.56 Å². The zero-order chi connectivity index (χ0) is 20.2. The molecule has 0 spiro atoms. The fourth-order valence-electron chi connectivity index (χ4n) is 2.28. The minimum Gasteiger partial charge on any atom is -0.343 e. The molecule has 9 heteroatoms. The Morgan fingerprint density at radius 3 is 2.19 bits per heavy atom. The Hall–Kier alpha value is -2.55. The molecule has 0 atom stereocenters. The van der Waals surface area contributed by atoms with E-state index >= 15 is 0 Å². The quantitative estimate of drug-likeness (QED) is 0.772. The number of anilines is 1. The molecule has 0 aliphatic carbocycles. The van der Waals surface area contributed by atoms with Crippen molar-refractivity contribution >= 4 is 21.6 Å². The van der Waals surface area contributed by atoms with Gasteiger partial charge in [0.15, 0.2) is 0 Å². The maximum Gasteiger partial charge on any atom is 0.405 e. The molecular weight excluding hydrogens is 381 g/mol. The maximum atomic E-state index is 12.6. The summed E-state index contributed by atoms with van der Waals surface area (Å²) in [5, 5.41) is 1.73. The molecule has 2 rings (SSSR count). The zero-order valence-electron chi connectivity index (χ0n) is 14.7. The number of alkyl halides is 3. The lowest BCUT2D eigenvalue weighted by molar-refractivity contribution is -0.123. The van der Waals surface area contributed by atoms with Crippen molar-refractivity contribution in [1.29, 1.82) is 0 Å². The van der Waals surface area contributed by atoms with E-state index in [1.807, 2.05) is 13.8 Å². The summed E-state index contributed by atoms with van der Waals surface area (Å²) in [6.45, 7) is 2.43. The summed E-state index contributed by atoms with van der Waals surface area (Å²) in [6.07, 6.45) is -4.57. The molecule has 2 aromatic carbocycles. The standard InChI is InChI=1S/C18H19F3N2O3S/c1-12(2)13-7-9-14(10-8-13)27(25,26)23-16-6-4-3-5-15(16)17(24)22-11-18(19,20)21/h3-10,12,23H,11H2,1-2H3,(H,22,24). The molecule has 0 aliphatic heterocycles. The third kappa shape index (κ3) is 5.72. The Balaban J connectivity index is 2.25. The van der Waals surface area contributed by atoms with Crippen molar-refractivity contribution in [3.63, 3.8) is 0 Å². The first-order valence-corrected chi connectivity index (χ1v) is 9.55. The lowest BCUT2D eigenvalue weighted by Crippen LogP contribution is -2.34. The Morgan fingerprint density at radius 1 is 1.04 bits per heavy atom. The van der Waals surface area contributed by atoms with E-state index in [-0.39, 0.29) is 22.1 Å². The molecule has 2 N–H and O–H groups in total. The van der Waals surface area contributed by atoms with Gasteiger partial charge in [-0.3, -0.25) is 9.52 Å². The zero-order valence-corrected chi connectivity index (χ0v) is 15.5.